The Morgan fingerprint density at radius 3 is 2.55 bits per heavy atom. The Morgan fingerprint density at radius 2 is 2.05 bits per heavy atom. The average molecular weight is 302 g/mol. The first-order chi connectivity index (χ1) is 9.37. The lowest BCUT2D eigenvalue weighted by Crippen LogP contribution is -2.50. The van der Waals surface area contributed by atoms with Crippen LogP contribution in [-0.4, -0.2) is 41.7 Å². The van der Waals surface area contributed by atoms with E-state index in [1.165, 1.54) is 4.31 Å². The molecule has 2 heterocycles. The molecule has 1 fully saturated rings. The quantitative estimate of drug-likeness (QED) is 0.861. The van der Waals surface area contributed by atoms with Crippen LogP contribution in [0.5, 0.6) is 0 Å². The van der Waals surface area contributed by atoms with E-state index in [9.17, 15) is 8.42 Å². The molecular formula is C12H22N4O3S. The fourth-order valence-corrected chi connectivity index (χ4v) is 3.99. The molecule has 2 rings (SSSR count). The number of aryl methyl sites for hydroxylation is 1. The number of unbranched alkanes of at least 4 members (excludes halogenated alkanes) is 1. The highest BCUT2D eigenvalue weighted by Gasteiger charge is 2.39. The molecule has 8 heteroatoms. The Balaban J connectivity index is 2.02. The molecule has 7 nitrogen and oxygen atoms in total. The molecule has 0 saturated carbocycles. The van der Waals surface area contributed by atoms with Crippen molar-refractivity contribution in [3.05, 3.63) is 11.7 Å². The van der Waals surface area contributed by atoms with Crippen molar-refractivity contribution < 1.29 is 12.9 Å². The molecule has 1 aliphatic rings. The number of piperidine rings is 1. The molecular weight excluding hydrogens is 280 g/mol. The van der Waals surface area contributed by atoms with Crippen LogP contribution >= 0.6 is 0 Å². The summed E-state index contributed by atoms with van der Waals surface area (Å²) in [7, 11) is -3.16. The molecule has 114 valence electrons. The van der Waals surface area contributed by atoms with Crippen molar-refractivity contribution in [3.63, 3.8) is 0 Å². The molecule has 1 aromatic heterocycles. The first kappa shape index (κ1) is 15.4. The van der Waals surface area contributed by atoms with Gasteiger partial charge in [-0.3, -0.25) is 0 Å². The Morgan fingerprint density at radius 1 is 1.40 bits per heavy atom. The van der Waals surface area contributed by atoms with E-state index in [0.717, 1.165) is 6.42 Å². The predicted molar refractivity (Wildman–Crippen MR) is 74.4 cm³/mol. The number of hydrogen-bond donors (Lipinski definition) is 1. The molecule has 20 heavy (non-hydrogen) atoms. The van der Waals surface area contributed by atoms with Crippen LogP contribution in [0.3, 0.4) is 0 Å². The summed E-state index contributed by atoms with van der Waals surface area (Å²) < 4.78 is 30.7. The van der Waals surface area contributed by atoms with Crippen molar-refractivity contribution in [1.29, 1.82) is 0 Å². The van der Waals surface area contributed by atoms with Gasteiger partial charge in [-0.15, -0.1) is 0 Å². The smallest absolute Gasteiger partial charge is 0.223 e. The molecule has 0 bridgehead atoms. The summed E-state index contributed by atoms with van der Waals surface area (Å²) in [5.74, 6) is 1.16. The largest absolute Gasteiger partial charge is 0.340 e. The van der Waals surface area contributed by atoms with Gasteiger partial charge in [-0.1, -0.05) is 18.5 Å². The summed E-state index contributed by atoms with van der Waals surface area (Å²) in [6, 6.07) is 0. The third-order valence-electron chi connectivity index (χ3n) is 3.74. The van der Waals surface area contributed by atoms with Gasteiger partial charge in [0, 0.05) is 20.0 Å². The highest BCUT2D eigenvalue weighted by atomic mass is 32.2. The van der Waals surface area contributed by atoms with E-state index in [1.54, 1.807) is 6.92 Å². The average Bonchev–Trinajstić information content (AvgIpc) is 2.84. The van der Waals surface area contributed by atoms with Crippen LogP contribution in [0.2, 0.25) is 0 Å². The highest BCUT2D eigenvalue weighted by Crippen LogP contribution is 2.29. The van der Waals surface area contributed by atoms with Crippen LogP contribution in [0.15, 0.2) is 4.52 Å². The van der Waals surface area contributed by atoms with Crippen LogP contribution in [-0.2, 0) is 15.6 Å². The van der Waals surface area contributed by atoms with Gasteiger partial charge in [-0.2, -0.15) is 4.98 Å². The zero-order valence-corrected chi connectivity index (χ0v) is 12.8. The van der Waals surface area contributed by atoms with Gasteiger partial charge in [-0.05, 0) is 19.3 Å². The molecule has 0 radical (unpaired) electrons. The molecule has 1 aromatic rings. The highest BCUT2D eigenvalue weighted by molar-refractivity contribution is 7.89. The standard InChI is InChI=1S/C12H22N4O3S/c1-3-4-9-20(17,18)16-7-5-12(13,6-8-16)11-14-10(2)19-15-11/h3-9,13H2,1-2H3. The maximum Gasteiger partial charge on any atom is 0.223 e. The monoisotopic (exact) mass is 302 g/mol. The lowest BCUT2D eigenvalue weighted by molar-refractivity contribution is 0.222. The van der Waals surface area contributed by atoms with Crippen LogP contribution < -0.4 is 5.73 Å². The molecule has 0 aliphatic carbocycles. The Kier molecular flexibility index (Phi) is 4.46. The van der Waals surface area contributed by atoms with Crippen molar-refractivity contribution >= 4 is 10.0 Å². The summed E-state index contributed by atoms with van der Waals surface area (Å²) in [6.07, 6.45) is 2.58. The second kappa shape index (κ2) is 5.79. The second-order valence-corrected chi connectivity index (χ2v) is 7.45. The van der Waals surface area contributed by atoms with Crippen LogP contribution in [0.25, 0.3) is 0 Å². The van der Waals surface area contributed by atoms with Gasteiger partial charge in [0.2, 0.25) is 15.9 Å². The minimum absolute atomic E-state index is 0.211. The molecule has 0 atom stereocenters. The summed E-state index contributed by atoms with van der Waals surface area (Å²) in [5, 5.41) is 3.87. The van der Waals surface area contributed by atoms with E-state index in [1.807, 2.05) is 6.92 Å². The SMILES string of the molecule is CCCCS(=O)(=O)N1CCC(N)(c2noc(C)n2)CC1. The summed E-state index contributed by atoms with van der Waals surface area (Å²) in [4.78, 5) is 4.17. The first-order valence-corrected chi connectivity index (χ1v) is 8.56. The fraction of sp³-hybridized carbons (Fsp3) is 0.833. The van der Waals surface area contributed by atoms with Gasteiger partial charge < -0.3 is 10.3 Å². The summed E-state index contributed by atoms with van der Waals surface area (Å²) in [5.41, 5.74) is 5.61. The molecule has 0 amide bonds. The maximum atomic E-state index is 12.1. The minimum atomic E-state index is -3.16. The Bertz CT molecular complexity index is 547. The van der Waals surface area contributed by atoms with Crippen molar-refractivity contribution in [2.24, 2.45) is 5.73 Å². The molecule has 1 saturated heterocycles. The zero-order chi connectivity index (χ0) is 14.8. The van der Waals surface area contributed by atoms with Gasteiger partial charge in [0.1, 0.15) is 0 Å². The van der Waals surface area contributed by atoms with Crippen molar-refractivity contribution in [2.45, 2.75) is 45.1 Å². The van der Waals surface area contributed by atoms with Gasteiger partial charge in [-0.25, -0.2) is 12.7 Å². The van der Waals surface area contributed by atoms with E-state index in [0.29, 0.717) is 44.1 Å². The van der Waals surface area contributed by atoms with Gasteiger partial charge in [0.25, 0.3) is 0 Å². The van der Waals surface area contributed by atoms with Gasteiger partial charge >= 0.3 is 0 Å². The molecule has 0 unspecified atom stereocenters. The van der Waals surface area contributed by atoms with Crippen LogP contribution in [0.4, 0.5) is 0 Å². The lowest BCUT2D eigenvalue weighted by Gasteiger charge is -2.36. The molecule has 2 N–H and O–H groups in total. The minimum Gasteiger partial charge on any atom is -0.340 e. The Hall–Kier alpha value is -0.990. The van der Waals surface area contributed by atoms with E-state index in [2.05, 4.69) is 10.1 Å². The van der Waals surface area contributed by atoms with Crippen molar-refractivity contribution in [2.75, 3.05) is 18.8 Å². The van der Waals surface area contributed by atoms with Crippen molar-refractivity contribution in [3.8, 4) is 0 Å². The van der Waals surface area contributed by atoms with E-state index >= 15 is 0 Å². The van der Waals surface area contributed by atoms with E-state index in [-0.39, 0.29) is 5.75 Å². The number of nitrogens with two attached hydrogens (primary N) is 1. The number of nitrogens with zero attached hydrogens (tertiary/aromatic N) is 3. The number of sulfonamides is 1. The molecule has 1 aliphatic heterocycles. The molecule has 0 aromatic carbocycles. The predicted octanol–water partition coefficient (Wildman–Crippen LogP) is 0.758. The maximum absolute atomic E-state index is 12.1. The van der Waals surface area contributed by atoms with Gasteiger partial charge in [0.05, 0.1) is 11.3 Å². The number of aromatic nitrogens is 2. The van der Waals surface area contributed by atoms with Crippen LogP contribution in [0.1, 0.15) is 44.3 Å². The van der Waals surface area contributed by atoms with Gasteiger partial charge in [0.15, 0.2) is 5.82 Å². The zero-order valence-electron chi connectivity index (χ0n) is 12.0. The topological polar surface area (TPSA) is 102 Å². The fourth-order valence-electron chi connectivity index (χ4n) is 2.34. The summed E-state index contributed by atoms with van der Waals surface area (Å²) in [6.45, 7) is 4.52. The number of rotatable bonds is 5. The second-order valence-electron chi connectivity index (χ2n) is 5.36. The van der Waals surface area contributed by atoms with Crippen molar-refractivity contribution in [1.82, 2.24) is 14.4 Å². The van der Waals surface area contributed by atoms with E-state index in [4.69, 9.17) is 10.3 Å². The lowest BCUT2D eigenvalue weighted by atomic mass is 9.89. The summed E-state index contributed by atoms with van der Waals surface area (Å²) >= 11 is 0. The third-order valence-corrected chi connectivity index (χ3v) is 5.69. The first-order valence-electron chi connectivity index (χ1n) is 6.95. The molecule has 0 spiro atoms. The van der Waals surface area contributed by atoms with E-state index < -0.39 is 15.6 Å². The Labute approximate surface area is 119 Å². The third kappa shape index (κ3) is 3.18. The van der Waals surface area contributed by atoms with Crippen LogP contribution in [0, 0.1) is 6.92 Å². The normalized spacial score (nSPS) is 20.1. The number of hydrogen-bond acceptors (Lipinski definition) is 6.